The van der Waals surface area contributed by atoms with Crippen LogP contribution in [0.2, 0.25) is 0 Å². The highest BCUT2D eigenvalue weighted by molar-refractivity contribution is 6.18. The Morgan fingerprint density at radius 1 is 1.03 bits per heavy atom. The first-order valence-electron chi connectivity index (χ1n) is 10.7. The lowest BCUT2D eigenvalue weighted by Crippen LogP contribution is -2.49. The number of hydrogen-bond donors (Lipinski definition) is 1. The van der Waals surface area contributed by atoms with E-state index in [4.69, 9.17) is 9.47 Å². The fourth-order valence-electron chi connectivity index (χ4n) is 4.53. The van der Waals surface area contributed by atoms with Crippen LogP contribution in [0.5, 0.6) is 11.5 Å². The Morgan fingerprint density at radius 3 is 2.59 bits per heavy atom. The van der Waals surface area contributed by atoms with E-state index >= 15 is 0 Å². The van der Waals surface area contributed by atoms with Gasteiger partial charge in [-0.25, -0.2) is 0 Å². The van der Waals surface area contributed by atoms with Crippen molar-refractivity contribution in [2.75, 3.05) is 31.0 Å². The molecule has 34 heavy (non-hydrogen) atoms. The van der Waals surface area contributed by atoms with Gasteiger partial charge in [-0.05, 0) is 30.3 Å². The van der Waals surface area contributed by atoms with E-state index in [1.54, 1.807) is 70.7 Å². The molecule has 2 aromatic carbocycles. The molecule has 3 heterocycles. The van der Waals surface area contributed by atoms with E-state index in [1.807, 2.05) is 0 Å². The van der Waals surface area contributed by atoms with Crippen LogP contribution in [-0.4, -0.2) is 48.4 Å². The highest BCUT2D eigenvalue weighted by Gasteiger charge is 2.49. The molecule has 0 fully saturated rings. The summed E-state index contributed by atoms with van der Waals surface area (Å²) in [5.41, 5.74) is 2.47. The average Bonchev–Trinajstić information content (AvgIpc) is 3.16. The van der Waals surface area contributed by atoms with Gasteiger partial charge in [0.25, 0.3) is 11.8 Å². The Bertz CT molecular complexity index is 1290. The van der Waals surface area contributed by atoms with Crippen LogP contribution in [0.4, 0.5) is 11.4 Å². The summed E-state index contributed by atoms with van der Waals surface area (Å²) in [6.07, 6.45) is 2.51. The van der Waals surface area contributed by atoms with Crippen molar-refractivity contribution in [1.29, 1.82) is 0 Å². The molecule has 9 nitrogen and oxygen atoms in total. The maximum atomic E-state index is 13.6. The first kappa shape index (κ1) is 21.4. The van der Waals surface area contributed by atoms with Crippen molar-refractivity contribution in [1.82, 2.24) is 9.88 Å². The normalized spacial score (nSPS) is 16.0. The van der Waals surface area contributed by atoms with Gasteiger partial charge < -0.3 is 19.7 Å². The predicted octanol–water partition coefficient (Wildman–Crippen LogP) is 3.24. The lowest BCUT2D eigenvalue weighted by molar-refractivity contribution is -0.116. The second kappa shape index (κ2) is 8.51. The van der Waals surface area contributed by atoms with Gasteiger partial charge in [0.05, 0.1) is 42.9 Å². The molecule has 2 aliphatic heterocycles. The molecule has 3 amide bonds. The molecule has 0 bridgehead atoms. The smallest absolute Gasteiger partial charge is 0.264 e. The number of aromatic nitrogens is 1. The number of fused-ring (bicyclic) bond motifs is 5. The molecule has 0 saturated heterocycles. The van der Waals surface area contributed by atoms with Crippen LogP contribution in [-0.2, 0) is 4.79 Å². The number of carbonyl (C=O) groups excluding carboxylic acids is 3. The number of nitrogens with zero attached hydrogens (tertiary/aromatic N) is 3. The van der Waals surface area contributed by atoms with E-state index < -0.39 is 6.17 Å². The number of amides is 3. The lowest BCUT2D eigenvalue weighted by atomic mass is 10.0. The SMILES string of the molecule is COc1ccc2c(c1OC)C(=O)N1c3ccccc3C(=O)N(CCC(=O)Nc3cccnc3)[C@@H]21. The number of hydrogen-bond acceptors (Lipinski definition) is 6. The first-order valence-corrected chi connectivity index (χ1v) is 10.7. The minimum absolute atomic E-state index is 0.0456. The summed E-state index contributed by atoms with van der Waals surface area (Å²) in [6, 6.07) is 13.9. The maximum Gasteiger partial charge on any atom is 0.264 e. The molecular formula is C25H22N4O5. The monoisotopic (exact) mass is 458 g/mol. The first-order chi connectivity index (χ1) is 16.5. The highest BCUT2D eigenvalue weighted by atomic mass is 16.5. The molecule has 0 spiro atoms. The van der Waals surface area contributed by atoms with Gasteiger partial charge in [-0.3, -0.25) is 24.3 Å². The second-order valence-electron chi connectivity index (χ2n) is 7.87. The number of anilines is 2. The number of nitrogens with one attached hydrogen (secondary N) is 1. The molecule has 5 rings (SSSR count). The van der Waals surface area contributed by atoms with Crippen molar-refractivity contribution < 1.29 is 23.9 Å². The number of ether oxygens (including phenoxy) is 2. The van der Waals surface area contributed by atoms with Crippen molar-refractivity contribution in [3.05, 3.63) is 77.6 Å². The molecule has 0 saturated carbocycles. The van der Waals surface area contributed by atoms with Crippen molar-refractivity contribution in [2.24, 2.45) is 0 Å². The van der Waals surface area contributed by atoms with Gasteiger partial charge in [-0.2, -0.15) is 0 Å². The molecule has 0 aliphatic carbocycles. The zero-order valence-corrected chi connectivity index (χ0v) is 18.6. The summed E-state index contributed by atoms with van der Waals surface area (Å²) in [5.74, 6) is -0.0555. The second-order valence-corrected chi connectivity index (χ2v) is 7.87. The van der Waals surface area contributed by atoms with Crippen LogP contribution in [0.25, 0.3) is 0 Å². The molecule has 2 aliphatic rings. The van der Waals surface area contributed by atoms with Gasteiger partial charge in [-0.1, -0.05) is 18.2 Å². The summed E-state index contributed by atoms with van der Waals surface area (Å²) >= 11 is 0. The Morgan fingerprint density at radius 2 is 1.85 bits per heavy atom. The van der Waals surface area contributed by atoms with E-state index in [-0.39, 0.29) is 30.7 Å². The molecular weight excluding hydrogens is 436 g/mol. The van der Waals surface area contributed by atoms with E-state index in [9.17, 15) is 14.4 Å². The van der Waals surface area contributed by atoms with Gasteiger partial charge >= 0.3 is 0 Å². The van der Waals surface area contributed by atoms with Crippen LogP contribution in [0, 0.1) is 0 Å². The van der Waals surface area contributed by atoms with Crippen molar-refractivity contribution in [3.8, 4) is 11.5 Å². The van der Waals surface area contributed by atoms with Gasteiger partial charge in [0, 0.05) is 24.7 Å². The zero-order valence-electron chi connectivity index (χ0n) is 18.6. The van der Waals surface area contributed by atoms with Crippen LogP contribution in [0.15, 0.2) is 60.9 Å². The van der Waals surface area contributed by atoms with E-state index in [2.05, 4.69) is 10.3 Å². The standard InChI is InChI=1S/C25H22N4O5/c1-33-19-10-9-17-21(22(19)34-2)25(32)29-18-8-4-3-7-16(18)24(31)28(23(17)29)13-11-20(30)27-15-6-5-12-26-14-15/h3-10,12,14,23H,11,13H2,1-2H3,(H,27,30)/t23-/m1/s1. The molecule has 0 unspecified atom stereocenters. The summed E-state index contributed by atoms with van der Waals surface area (Å²) < 4.78 is 10.9. The minimum atomic E-state index is -0.698. The number of rotatable bonds is 6. The number of pyridine rings is 1. The van der Waals surface area contributed by atoms with Crippen molar-refractivity contribution >= 4 is 29.1 Å². The predicted molar refractivity (Wildman–Crippen MR) is 124 cm³/mol. The summed E-state index contributed by atoms with van der Waals surface area (Å²) in [5, 5.41) is 2.78. The molecule has 9 heteroatoms. The number of benzene rings is 2. The minimum Gasteiger partial charge on any atom is -0.493 e. The molecule has 3 aromatic rings. The number of para-hydroxylation sites is 1. The van der Waals surface area contributed by atoms with Gasteiger partial charge in [0.15, 0.2) is 11.5 Å². The van der Waals surface area contributed by atoms with Crippen molar-refractivity contribution in [2.45, 2.75) is 12.6 Å². The van der Waals surface area contributed by atoms with Crippen molar-refractivity contribution in [3.63, 3.8) is 0 Å². The Kier molecular flexibility index (Phi) is 5.37. The third-order valence-electron chi connectivity index (χ3n) is 6.01. The molecule has 1 aromatic heterocycles. The number of carbonyl (C=O) groups is 3. The van der Waals surface area contributed by atoms with Gasteiger partial charge in [-0.15, -0.1) is 0 Å². The topological polar surface area (TPSA) is 101 Å². The molecule has 172 valence electrons. The number of methoxy groups -OCH3 is 2. The fourth-order valence-corrected chi connectivity index (χ4v) is 4.53. The Labute approximate surface area is 195 Å². The van der Waals surface area contributed by atoms with E-state index in [0.717, 1.165) is 0 Å². The summed E-state index contributed by atoms with van der Waals surface area (Å²) in [4.78, 5) is 46.9. The van der Waals surface area contributed by atoms with E-state index in [1.165, 1.54) is 14.2 Å². The highest BCUT2D eigenvalue weighted by Crippen LogP contribution is 2.49. The third kappa shape index (κ3) is 3.33. The fraction of sp³-hybridized carbons (Fsp3) is 0.200. The summed E-state index contributed by atoms with van der Waals surface area (Å²) in [6.45, 7) is 0.113. The Hall–Kier alpha value is -4.40. The third-order valence-corrected chi connectivity index (χ3v) is 6.01. The average molecular weight is 458 g/mol. The lowest BCUT2D eigenvalue weighted by Gasteiger charge is -2.40. The molecule has 1 atom stereocenters. The quantitative estimate of drug-likeness (QED) is 0.609. The van der Waals surface area contributed by atoms with E-state index in [0.29, 0.717) is 39.6 Å². The summed E-state index contributed by atoms with van der Waals surface area (Å²) in [7, 11) is 2.98. The molecule has 0 radical (unpaired) electrons. The molecule has 1 N–H and O–H groups in total. The zero-order chi connectivity index (χ0) is 23.8. The maximum absolute atomic E-state index is 13.6. The van der Waals surface area contributed by atoms with Crippen LogP contribution in [0.1, 0.15) is 38.9 Å². The largest absolute Gasteiger partial charge is 0.493 e. The Balaban J connectivity index is 1.53. The van der Waals surface area contributed by atoms with Crippen LogP contribution >= 0.6 is 0 Å². The van der Waals surface area contributed by atoms with Crippen LogP contribution in [0.3, 0.4) is 0 Å². The van der Waals surface area contributed by atoms with Gasteiger partial charge in [0.1, 0.15) is 6.17 Å². The van der Waals surface area contributed by atoms with Crippen LogP contribution < -0.4 is 19.7 Å². The van der Waals surface area contributed by atoms with Gasteiger partial charge in [0.2, 0.25) is 5.91 Å².